The van der Waals surface area contributed by atoms with E-state index in [1.165, 1.54) is 0 Å². The molecule has 0 unspecified atom stereocenters. The Bertz CT molecular complexity index is 536. The maximum Gasteiger partial charge on any atom is 0.306 e. The number of hydrogen-bond donors (Lipinski definition) is 1. The van der Waals surface area contributed by atoms with Gasteiger partial charge in [0, 0.05) is 17.5 Å². The van der Waals surface area contributed by atoms with E-state index in [4.69, 9.17) is 4.74 Å². The molecule has 0 spiro atoms. The predicted octanol–water partition coefficient (Wildman–Crippen LogP) is 4.22. The van der Waals surface area contributed by atoms with Gasteiger partial charge in [-0.05, 0) is 42.9 Å². The molecule has 3 heteroatoms. The van der Waals surface area contributed by atoms with E-state index in [1.54, 1.807) is 6.92 Å². The lowest BCUT2D eigenvalue weighted by molar-refractivity contribution is -0.143. The lowest BCUT2D eigenvalue weighted by Crippen LogP contribution is -2.13. The molecule has 1 rings (SSSR count). The van der Waals surface area contributed by atoms with Gasteiger partial charge in [-0.3, -0.25) is 4.79 Å². The van der Waals surface area contributed by atoms with Crippen LogP contribution in [0.25, 0.3) is 5.57 Å². The molecule has 0 aromatic heterocycles. The number of esters is 1. The van der Waals surface area contributed by atoms with Crippen molar-refractivity contribution in [2.24, 2.45) is 0 Å². The van der Waals surface area contributed by atoms with Crippen LogP contribution >= 0.6 is 0 Å². The highest BCUT2D eigenvalue weighted by molar-refractivity contribution is 5.71. The third-order valence-electron chi connectivity index (χ3n) is 3.36. The largest absolute Gasteiger partial charge is 0.507 e. The topological polar surface area (TPSA) is 46.5 Å². The summed E-state index contributed by atoms with van der Waals surface area (Å²) < 4.78 is 4.96. The Labute approximate surface area is 127 Å². The molecule has 0 saturated heterocycles. The van der Waals surface area contributed by atoms with Gasteiger partial charge in [-0.25, -0.2) is 0 Å². The summed E-state index contributed by atoms with van der Waals surface area (Å²) in [6.45, 7) is 14.2. The van der Waals surface area contributed by atoms with Crippen LogP contribution < -0.4 is 0 Å². The minimum atomic E-state index is -0.195. The van der Waals surface area contributed by atoms with Gasteiger partial charge < -0.3 is 9.84 Å². The van der Waals surface area contributed by atoms with Crippen molar-refractivity contribution in [1.82, 2.24) is 0 Å². The highest BCUT2D eigenvalue weighted by Gasteiger charge is 2.21. The van der Waals surface area contributed by atoms with Gasteiger partial charge in [0.2, 0.25) is 0 Å². The summed E-state index contributed by atoms with van der Waals surface area (Å²) in [6, 6.07) is 3.88. The second-order valence-electron chi connectivity index (χ2n) is 6.37. The third-order valence-corrected chi connectivity index (χ3v) is 3.36. The predicted molar refractivity (Wildman–Crippen MR) is 86.5 cm³/mol. The number of allylic oxidation sites excluding steroid dienone is 1. The first-order chi connectivity index (χ1) is 9.66. The van der Waals surface area contributed by atoms with E-state index in [-0.39, 0.29) is 17.1 Å². The van der Waals surface area contributed by atoms with Gasteiger partial charge in [0.1, 0.15) is 5.75 Å². The van der Waals surface area contributed by atoms with Crippen molar-refractivity contribution in [3.05, 3.63) is 35.4 Å². The van der Waals surface area contributed by atoms with Crippen molar-refractivity contribution in [1.29, 1.82) is 0 Å². The Kier molecular flexibility index (Phi) is 5.59. The number of carbonyl (C=O) groups is 1. The van der Waals surface area contributed by atoms with Crippen molar-refractivity contribution in [3.8, 4) is 5.75 Å². The first kappa shape index (κ1) is 17.3. The molecule has 1 aromatic rings. The van der Waals surface area contributed by atoms with Crippen LogP contribution in [0.1, 0.15) is 57.7 Å². The maximum absolute atomic E-state index is 11.5. The SMILES string of the molecule is C=C(C)c1cc(CCC(=O)OCC)cc(C(C)(C)C)c1O. The number of hydrogen-bond acceptors (Lipinski definition) is 3. The van der Waals surface area contributed by atoms with Crippen LogP contribution in [-0.4, -0.2) is 17.7 Å². The summed E-state index contributed by atoms with van der Waals surface area (Å²) >= 11 is 0. The standard InChI is InChI=1S/C18H26O3/c1-7-21-16(19)9-8-13-10-14(12(2)3)17(20)15(11-13)18(4,5)6/h10-11,20H,2,7-9H2,1,3-6H3. The van der Waals surface area contributed by atoms with E-state index < -0.39 is 0 Å². The van der Waals surface area contributed by atoms with E-state index in [0.29, 0.717) is 19.4 Å². The molecule has 3 nitrogen and oxygen atoms in total. The summed E-state index contributed by atoms with van der Waals surface area (Å²) in [5.41, 5.74) is 3.29. The molecule has 0 aliphatic rings. The molecule has 0 atom stereocenters. The van der Waals surface area contributed by atoms with E-state index >= 15 is 0 Å². The molecule has 0 aliphatic heterocycles. The van der Waals surface area contributed by atoms with Gasteiger partial charge in [-0.1, -0.05) is 33.4 Å². The van der Waals surface area contributed by atoms with Crippen LogP contribution in [0.2, 0.25) is 0 Å². The Morgan fingerprint density at radius 2 is 1.95 bits per heavy atom. The van der Waals surface area contributed by atoms with Crippen molar-refractivity contribution >= 4 is 11.5 Å². The van der Waals surface area contributed by atoms with Crippen LogP contribution in [0, 0.1) is 0 Å². The number of aryl methyl sites for hydroxylation is 1. The van der Waals surface area contributed by atoms with Crippen molar-refractivity contribution in [2.75, 3.05) is 6.61 Å². The summed E-state index contributed by atoms with van der Waals surface area (Å²) in [6.07, 6.45) is 0.945. The number of aromatic hydroxyl groups is 1. The Balaban J connectivity index is 3.13. The van der Waals surface area contributed by atoms with Crippen molar-refractivity contribution in [3.63, 3.8) is 0 Å². The monoisotopic (exact) mass is 290 g/mol. The fourth-order valence-corrected chi connectivity index (χ4v) is 2.22. The van der Waals surface area contributed by atoms with E-state index in [9.17, 15) is 9.90 Å². The lowest BCUT2D eigenvalue weighted by Gasteiger charge is -2.23. The lowest BCUT2D eigenvalue weighted by atomic mass is 9.82. The number of benzene rings is 1. The summed E-state index contributed by atoms with van der Waals surface area (Å²) in [7, 11) is 0. The minimum absolute atomic E-state index is 0.172. The van der Waals surface area contributed by atoms with Gasteiger partial charge in [-0.15, -0.1) is 0 Å². The molecule has 0 amide bonds. The maximum atomic E-state index is 11.5. The first-order valence-electron chi connectivity index (χ1n) is 7.34. The molecule has 1 N–H and O–H groups in total. The molecule has 0 aliphatic carbocycles. The highest BCUT2D eigenvalue weighted by atomic mass is 16.5. The summed E-state index contributed by atoms with van der Waals surface area (Å²) in [5.74, 6) is 0.0923. The Morgan fingerprint density at radius 1 is 1.33 bits per heavy atom. The number of phenolic OH excluding ortho intramolecular Hbond substituents is 1. The number of phenols is 1. The first-order valence-corrected chi connectivity index (χ1v) is 7.34. The molecule has 0 radical (unpaired) electrons. The molecule has 0 bridgehead atoms. The van der Waals surface area contributed by atoms with Crippen LogP contribution in [0.4, 0.5) is 0 Å². The molecule has 0 saturated carbocycles. The van der Waals surface area contributed by atoms with E-state index in [2.05, 4.69) is 27.4 Å². The molecule has 21 heavy (non-hydrogen) atoms. The average Bonchev–Trinajstić information content (AvgIpc) is 2.36. The quantitative estimate of drug-likeness (QED) is 0.826. The van der Waals surface area contributed by atoms with Crippen LogP contribution in [-0.2, 0) is 21.4 Å². The van der Waals surface area contributed by atoms with Crippen molar-refractivity contribution < 1.29 is 14.6 Å². The zero-order valence-electron chi connectivity index (χ0n) is 13.7. The average molecular weight is 290 g/mol. The molecular weight excluding hydrogens is 264 g/mol. The smallest absolute Gasteiger partial charge is 0.306 e. The van der Waals surface area contributed by atoms with Crippen LogP contribution in [0.3, 0.4) is 0 Å². The molecule has 0 fully saturated rings. The normalized spacial score (nSPS) is 11.3. The second-order valence-corrected chi connectivity index (χ2v) is 6.37. The molecule has 0 heterocycles. The summed E-state index contributed by atoms with van der Waals surface area (Å²) in [4.78, 5) is 11.5. The Hall–Kier alpha value is -1.77. The zero-order valence-corrected chi connectivity index (χ0v) is 13.7. The van der Waals surface area contributed by atoms with Crippen LogP contribution in [0.15, 0.2) is 18.7 Å². The third kappa shape index (κ3) is 4.62. The number of rotatable bonds is 5. The van der Waals surface area contributed by atoms with E-state index in [1.807, 2.05) is 19.1 Å². The van der Waals surface area contributed by atoms with Crippen LogP contribution in [0.5, 0.6) is 5.75 Å². The minimum Gasteiger partial charge on any atom is -0.507 e. The number of ether oxygens (including phenoxy) is 1. The molecule has 116 valence electrons. The van der Waals surface area contributed by atoms with Gasteiger partial charge in [-0.2, -0.15) is 0 Å². The summed E-state index contributed by atoms with van der Waals surface area (Å²) in [5, 5.41) is 10.4. The zero-order chi connectivity index (χ0) is 16.2. The highest BCUT2D eigenvalue weighted by Crippen LogP contribution is 2.37. The fourth-order valence-electron chi connectivity index (χ4n) is 2.22. The van der Waals surface area contributed by atoms with Gasteiger partial charge >= 0.3 is 5.97 Å². The molecular formula is C18H26O3. The van der Waals surface area contributed by atoms with Gasteiger partial charge in [0.15, 0.2) is 0 Å². The molecule has 1 aromatic carbocycles. The van der Waals surface area contributed by atoms with E-state index in [0.717, 1.165) is 22.3 Å². The van der Waals surface area contributed by atoms with Gasteiger partial charge in [0.25, 0.3) is 0 Å². The Morgan fingerprint density at radius 3 is 2.43 bits per heavy atom. The van der Waals surface area contributed by atoms with Crippen molar-refractivity contribution in [2.45, 2.75) is 52.9 Å². The number of carbonyl (C=O) groups excluding carboxylic acids is 1. The van der Waals surface area contributed by atoms with Gasteiger partial charge in [0.05, 0.1) is 6.61 Å². The second kappa shape index (κ2) is 6.79. The fraction of sp³-hybridized carbons (Fsp3) is 0.500.